The molecule has 0 bridgehead atoms. The second-order valence-electron chi connectivity index (χ2n) is 5.32. The molecule has 1 nitrogen and oxygen atoms in total. The summed E-state index contributed by atoms with van der Waals surface area (Å²) >= 11 is 0. The van der Waals surface area contributed by atoms with E-state index in [2.05, 4.69) is 31.2 Å². The maximum Gasteiger partial charge on any atom is 0.120 e. The molecule has 1 fully saturated rings. The van der Waals surface area contributed by atoms with Crippen LogP contribution >= 0.6 is 0 Å². The SMILES string of the molecule is Cc1ccc(C(CC=O)C2CCCCC2)cc1. The zero-order valence-corrected chi connectivity index (χ0v) is 10.7. The number of carbonyl (C=O) groups is 1. The molecule has 1 saturated carbocycles. The zero-order chi connectivity index (χ0) is 12.1. The third-order valence-electron chi connectivity index (χ3n) is 4.07. The monoisotopic (exact) mass is 230 g/mol. The van der Waals surface area contributed by atoms with Crippen LogP contribution in [0.5, 0.6) is 0 Å². The number of benzene rings is 1. The number of aldehydes is 1. The molecule has 0 N–H and O–H groups in total. The fourth-order valence-electron chi connectivity index (χ4n) is 3.05. The molecule has 1 heteroatoms. The topological polar surface area (TPSA) is 17.1 Å². The lowest BCUT2D eigenvalue weighted by atomic mass is 9.75. The Kier molecular flexibility index (Phi) is 4.36. The van der Waals surface area contributed by atoms with E-state index in [1.807, 2.05) is 0 Å². The summed E-state index contributed by atoms with van der Waals surface area (Å²) in [6, 6.07) is 8.74. The highest BCUT2D eigenvalue weighted by Gasteiger charge is 2.24. The Bertz CT molecular complexity index is 346. The molecule has 0 radical (unpaired) electrons. The van der Waals surface area contributed by atoms with Crippen LogP contribution in [0.15, 0.2) is 24.3 Å². The predicted molar refractivity (Wildman–Crippen MR) is 71.2 cm³/mol. The second kappa shape index (κ2) is 6.00. The standard InChI is InChI=1S/C16H22O/c1-13-7-9-15(10-8-13)16(11-12-17)14-5-3-2-4-6-14/h7-10,12,14,16H,2-6,11H2,1H3. The molecule has 92 valence electrons. The van der Waals surface area contributed by atoms with E-state index in [-0.39, 0.29) is 0 Å². The van der Waals surface area contributed by atoms with Gasteiger partial charge in [-0.1, -0.05) is 49.1 Å². The average Bonchev–Trinajstić information content (AvgIpc) is 2.38. The van der Waals surface area contributed by atoms with Gasteiger partial charge in [-0.25, -0.2) is 0 Å². The van der Waals surface area contributed by atoms with Gasteiger partial charge in [-0.15, -0.1) is 0 Å². The smallest absolute Gasteiger partial charge is 0.120 e. The highest BCUT2D eigenvalue weighted by atomic mass is 16.1. The van der Waals surface area contributed by atoms with E-state index in [1.165, 1.54) is 43.2 Å². The van der Waals surface area contributed by atoms with E-state index in [9.17, 15) is 4.79 Å². The first-order valence-corrected chi connectivity index (χ1v) is 6.81. The molecule has 1 aliphatic rings. The maximum atomic E-state index is 10.9. The van der Waals surface area contributed by atoms with Crippen LogP contribution in [0.3, 0.4) is 0 Å². The summed E-state index contributed by atoms with van der Waals surface area (Å²) < 4.78 is 0. The Hall–Kier alpha value is -1.11. The first kappa shape index (κ1) is 12.3. The third-order valence-corrected chi connectivity index (χ3v) is 4.07. The molecule has 0 spiro atoms. The number of hydrogen-bond acceptors (Lipinski definition) is 1. The summed E-state index contributed by atoms with van der Waals surface area (Å²) in [5.74, 6) is 1.17. The van der Waals surface area contributed by atoms with Crippen LogP contribution in [0, 0.1) is 12.8 Å². The summed E-state index contributed by atoms with van der Waals surface area (Å²) in [6.45, 7) is 2.11. The summed E-state index contributed by atoms with van der Waals surface area (Å²) in [5, 5.41) is 0. The van der Waals surface area contributed by atoms with Crippen LogP contribution in [-0.2, 0) is 4.79 Å². The van der Waals surface area contributed by atoms with E-state index in [1.54, 1.807) is 0 Å². The van der Waals surface area contributed by atoms with E-state index >= 15 is 0 Å². The average molecular weight is 230 g/mol. The van der Waals surface area contributed by atoms with Crippen molar-refractivity contribution >= 4 is 6.29 Å². The van der Waals surface area contributed by atoms with Gasteiger partial charge < -0.3 is 4.79 Å². The van der Waals surface area contributed by atoms with Crippen LogP contribution in [0.4, 0.5) is 0 Å². The van der Waals surface area contributed by atoms with Crippen LogP contribution in [0.25, 0.3) is 0 Å². The van der Waals surface area contributed by atoms with Gasteiger partial charge in [0.05, 0.1) is 0 Å². The molecular weight excluding hydrogens is 208 g/mol. The fourth-order valence-corrected chi connectivity index (χ4v) is 3.05. The van der Waals surface area contributed by atoms with Gasteiger partial charge >= 0.3 is 0 Å². The highest BCUT2D eigenvalue weighted by Crippen LogP contribution is 2.37. The summed E-state index contributed by atoms with van der Waals surface area (Å²) in [4.78, 5) is 10.9. The van der Waals surface area contributed by atoms with Crippen molar-refractivity contribution < 1.29 is 4.79 Å². The Balaban J connectivity index is 2.15. The minimum absolute atomic E-state index is 0.452. The van der Waals surface area contributed by atoms with E-state index in [4.69, 9.17) is 0 Å². The second-order valence-corrected chi connectivity index (χ2v) is 5.32. The van der Waals surface area contributed by atoms with Gasteiger partial charge in [0.25, 0.3) is 0 Å². The number of rotatable bonds is 4. The van der Waals surface area contributed by atoms with Crippen LogP contribution < -0.4 is 0 Å². The lowest BCUT2D eigenvalue weighted by molar-refractivity contribution is -0.108. The molecule has 17 heavy (non-hydrogen) atoms. The molecule has 1 unspecified atom stereocenters. The Morgan fingerprint density at radius 1 is 1.18 bits per heavy atom. The third kappa shape index (κ3) is 3.18. The van der Waals surface area contributed by atoms with Gasteiger partial charge in [-0.05, 0) is 37.2 Å². The van der Waals surface area contributed by atoms with Gasteiger partial charge in [-0.3, -0.25) is 0 Å². The minimum Gasteiger partial charge on any atom is -0.303 e. The first-order valence-electron chi connectivity index (χ1n) is 6.81. The molecule has 0 amide bonds. The number of hydrogen-bond donors (Lipinski definition) is 0. The van der Waals surface area contributed by atoms with Crippen molar-refractivity contribution in [3.63, 3.8) is 0 Å². The van der Waals surface area contributed by atoms with Gasteiger partial charge in [0.2, 0.25) is 0 Å². The van der Waals surface area contributed by atoms with Crippen LogP contribution in [0.2, 0.25) is 0 Å². The maximum absolute atomic E-state index is 10.9. The molecule has 1 aromatic carbocycles. The normalized spacial score (nSPS) is 18.9. The largest absolute Gasteiger partial charge is 0.303 e. The fraction of sp³-hybridized carbons (Fsp3) is 0.562. The number of aryl methyl sites for hydroxylation is 1. The molecule has 0 saturated heterocycles. The van der Waals surface area contributed by atoms with Crippen molar-refractivity contribution in [2.75, 3.05) is 0 Å². The lowest BCUT2D eigenvalue weighted by Gasteiger charge is -2.29. The molecule has 2 rings (SSSR count). The van der Waals surface area contributed by atoms with Crippen molar-refractivity contribution in [1.82, 2.24) is 0 Å². The van der Waals surface area contributed by atoms with Crippen molar-refractivity contribution in [2.45, 2.75) is 51.4 Å². The minimum atomic E-state index is 0.452. The van der Waals surface area contributed by atoms with Gasteiger partial charge in [0.15, 0.2) is 0 Å². The number of carbonyl (C=O) groups excluding carboxylic acids is 1. The molecule has 1 aliphatic carbocycles. The highest BCUT2D eigenvalue weighted by molar-refractivity contribution is 5.52. The summed E-state index contributed by atoms with van der Waals surface area (Å²) in [5.41, 5.74) is 2.65. The quantitative estimate of drug-likeness (QED) is 0.707. The van der Waals surface area contributed by atoms with Crippen molar-refractivity contribution in [3.8, 4) is 0 Å². The Morgan fingerprint density at radius 2 is 1.82 bits per heavy atom. The Labute approximate surface area is 104 Å². The van der Waals surface area contributed by atoms with Crippen LogP contribution in [0.1, 0.15) is 55.6 Å². The van der Waals surface area contributed by atoms with Crippen molar-refractivity contribution in [1.29, 1.82) is 0 Å². The summed E-state index contributed by atoms with van der Waals surface area (Å²) in [7, 11) is 0. The molecule has 0 aromatic heterocycles. The molecule has 0 aliphatic heterocycles. The first-order chi connectivity index (χ1) is 8.31. The van der Waals surface area contributed by atoms with E-state index in [0.717, 1.165) is 12.2 Å². The zero-order valence-electron chi connectivity index (χ0n) is 10.7. The van der Waals surface area contributed by atoms with Gasteiger partial charge in [-0.2, -0.15) is 0 Å². The van der Waals surface area contributed by atoms with Gasteiger partial charge in [0.1, 0.15) is 6.29 Å². The Morgan fingerprint density at radius 3 is 2.41 bits per heavy atom. The molecule has 1 atom stereocenters. The van der Waals surface area contributed by atoms with Gasteiger partial charge in [0, 0.05) is 6.42 Å². The predicted octanol–water partition coefficient (Wildman–Crippen LogP) is 4.25. The van der Waals surface area contributed by atoms with E-state index in [0.29, 0.717) is 12.3 Å². The molecular formula is C16H22O. The van der Waals surface area contributed by atoms with Crippen LogP contribution in [-0.4, -0.2) is 6.29 Å². The van der Waals surface area contributed by atoms with E-state index < -0.39 is 0 Å². The molecule has 1 aromatic rings. The summed E-state index contributed by atoms with van der Waals surface area (Å²) in [6.07, 6.45) is 8.43. The molecule has 0 heterocycles. The van der Waals surface area contributed by atoms with Crippen molar-refractivity contribution in [2.24, 2.45) is 5.92 Å². The van der Waals surface area contributed by atoms with Crippen molar-refractivity contribution in [3.05, 3.63) is 35.4 Å². The lowest BCUT2D eigenvalue weighted by Crippen LogP contribution is -2.17.